The molecule has 6 nitrogen and oxygen atoms in total. The van der Waals surface area contributed by atoms with Gasteiger partial charge in [0.05, 0.1) is 6.20 Å². The molecule has 0 saturated carbocycles. The summed E-state index contributed by atoms with van der Waals surface area (Å²) in [5, 5.41) is 3.23. The number of aryl methyl sites for hydroxylation is 2. The lowest BCUT2D eigenvalue weighted by Gasteiger charge is -2.14. The van der Waals surface area contributed by atoms with Crippen molar-refractivity contribution < 1.29 is 4.42 Å². The second kappa shape index (κ2) is 4.64. The molecule has 0 aliphatic heterocycles. The fraction of sp³-hybridized carbons (Fsp3) is 0.417. The molecule has 0 spiro atoms. The van der Waals surface area contributed by atoms with E-state index < -0.39 is 0 Å². The number of nitrogens with zero attached hydrogens (tertiary/aromatic N) is 3. The van der Waals surface area contributed by atoms with Crippen LogP contribution in [-0.4, -0.2) is 15.0 Å². The van der Waals surface area contributed by atoms with Crippen LogP contribution in [0.3, 0.4) is 0 Å². The summed E-state index contributed by atoms with van der Waals surface area (Å²) in [4.78, 5) is 12.6. The Morgan fingerprint density at radius 2 is 2.00 bits per heavy atom. The first-order chi connectivity index (χ1) is 8.47. The van der Waals surface area contributed by atoms with E-state index in [9.17, 15) is 0 Å². The summed E-state index contributed by atoms with van der Waals surface area (Å²) in [5.74, 6) is 3.25. The van der Waals surface area contributed by atoms with E-state index >= 15 is 0 Å². The van der Waals surface area contributed by atoms with Crippen molar-refractivity contribution in [2.24, 2.45) is 0 Å². The quantitative estimate of drug-likeness (QED) is 0.863. The van der Waals surface area contributed by atoms with Gasteiger partial charge in [-0.3, -0.25) is 0 Å². The van der Waals surface area contributed by atoms with E-state index in [1.165, 1.54) is 0 Å². The zero-order valence-electron chi connectivity index (χ0n) is 11.0. The smallest absolute Gasteiger partial charge is 0.216 e. The van der Waals surface area contributed by atoms with Gasteiger partial charge in [0.15, 0.2) is 0 Å². The first kappa shape index (κ1) is 12.3. The molecule has 0 bridgehead atoms. The number of aromatic nitrogens is 3. The van der Waals surface area contributed by atoms with E-state index in [4.69, 9.17) is 10.2 Å². The van der Waals surface area contributed by atoms with E-state index in [1.54, 1.807) is 13.1 Å². The van der Waals surface area contributed by atoms with Crippen LogP contribution >= 0.6 is 0 Å². The summed E-state index contributed by atoms with van der Waals surface area (Å²) in [6, 6.07) is -0.0777. The molecule has 2 aromatic heterocycles. The molecule has 96 valence electrons. The van der Waals surface area contributed by atoms with Crippen LogP contribution in [0.15, 0.2) is 10.6 Å². The van der Waals surface area contributed by atoms with Crippen molar-refractivity contribution in [1.82, 2.24) is 15.0 Å². The van der Waals surface area contributed by atoms with E-state index in [2.05, 4.69) is 20.3 Å². The Kier molecular flexibility index (Phi) is 3.18. The lowest BCUT2D eigenvalue weighted by Crippen LogP contribution is -2.12. The normalized spacial score (nSPS) is 12.4. The third-order valence-corrected chi connectivity index (χ3v) is 2.66. The van der Waals surface area contributed by atoms with Crippen molar-refractivity contribution in [1.29, 1.82) is 0 Å². The molecule has 2 rings (SSSR count). The third kappa shape index (κ3) is 2.42. The Morgan fingerprint density at radius 1 is 1.28 bits per heavy atom. The maximum Gasteiger partial charge on any atom is 0.216 e. The molecule has 0 aliphatic rings. The van der Waals surface area contributed by atoms with Gasteiger partial charge in [0.2, 0.25) is 5.89 Å². The highest BCUT2D eigenvalue weighted by atomic mass is 16.4. The number of anilines is 2. The Morgan fingerprint density at radius 3 is 2.61 bits per heavy atom. The van der Waals surface area contributed by atoms with Gasteiger partial charge in [0.1, 0.15) is 29.3 Å². The SMILES string of the molecule is Cc1nc(N)c(C)c(NC(C)c2ncc(C)o2)n1. The van der Waals surface area contributed by atoms with Crippen molar-refractivity contribution in [3.63, 3.8) is 0 Å². The van der Waals surface area contributed by atoms with E-state index in [-0.39, 0.29) is 6.04 Å². The molecule has 0 saturated heterocycles. The summed E-state index contributed by atoms with van der Waals surface area (Å²) < 4.78 is 5.47. The minimum absolute atomic E-state index is 0.0777. The van der Waals surface area contributed by atoms with Crippen LogP contribution in [0, 0.1) is 20.8 Å². The predicted octanol–water partition coefficient (Wildman–Crippen LogP) is 2.15. The van der Waals surface area contributed by atoms with E-state index in [0.717, 1.165) is 11.3 Å². The molecule has 0 amide bonds. The zero-order chi connectivity index (χ0) is 13.3. The Hall–Kier alpha value is -2.11. The number of hydrogen-bond donors (Lipinski definition) is 2. The summed E-state index contributed by atoms with van der Waals surface area (Å²) in [6.07, 6.45) is 1.69. The molecule has 0 fully saturated rings. The molecule has 18 heavy (non-hydrogen) atoms. The molecule has 0 radical (unpaired) electrons. The lowest BCUT2D eigenvalue weighted by atomic mass is 10.2. The second-order valence-electron chi connectivity index (χ2n) is 4.30. The predicted molar refractivity (Wildman–Crippen MR) is 69.2 cm³/mol. The van der Waals surface area contributed by atoms with Crippen LogP contribution < -0.4 is 11.1 Å². The van der Waals surface area contributed by atoms with Crippen LogP contribution in [0.1, 0.15) is 36.0 Å². The lowest BCUT2D eigenvalue weighted by molar-refractivity contribution is 0.453. The van der Waals surface area contributed by atoms with Gasteiger partial charge in [-0.15, -0.1) is 0 Å². The van der Waals surface area contributed by atoms with Crippen molar-refractivity contribution in [3.8, 4) is 0 Å². The highest BCUT2D eigenvalue weighted by Gasteiger charge is 2.14. The minimum Gasteiger partial charge on any atom is -0.444 e. The molecule has 1 unspecified atom stereocenters. The summed E-state index contributed by atoms with van der Waals surface area (Å²) in [6.45, 7) is 7.51. The van der Waals surface area contributed by atoms with Gasteiger partial charge in [-0.2, -0.15) is 0 Å². The maximum atomic E-state index is 5.81. The van der Waals surface area contributed by atoms with Gasteiger partial charge in [-0.05, 0) is 27.7 Å². The fourth-order valence-electron chi connectivity index (χ4n) is 1.63. The summed E-state index contributed by atoms with van der Waals surface area (Å²) in [7, 11) is 0. The Balaban J connectivity index is 2.24. The first-order valence-corrected chi connectivity index (χ1v) is 5.77. The number of hydrogen-bond acceptors (Lipinski definition) is 6. The molecular weight excluding hydrogens is 230 g/mol. The highest BCUT2D eigenvalue weighted by Crippen LogP contribution is 2.22. The number of nitrogen functional groups attached to an aromatic ring is 1. The van der Waals surface area contributed by atoms with E-state index in [0.29, 0.717) is 23.4 Å². The number of oxazole rings is 1. The van der Waals surface area contributed by atoms with Crippen molar-refractivity contribution in [2.45, 2.75) is 33.7 Å². The van der Waals surface area contributed by atoms with Gasteiger partial charge in [0, 0.05) is 5.56 Å². The molecular formula is C12H17N5O. The minimum atomic E-state index is -0.0777. The van der Waals surface area contributed by atoms with Crippen LogP contribution in [0.2, 0.25) is 0 Å². The van der Waals surface area contributed by atoms with E-state index in [1.807, 2.05) is 20.8 Å². The van der Waals surface area contributed by atoms with Crippen molar-refractivity contribution >= 4 is 11.6 Å². The van der Waals surface area contributed by atoms with Gasteiger partial charge < -0.3 is 15.5 Å². The van der Waals surface area contributed by atoms with Crippen molar-refractivity contribution in [3.05, 3.63) is 29.2 Å². The second-order valence-corrected chi connectivity index (χ2v) is 4.30. The fourth-order valence-corrected chi connectivity index (χ4v) is 1.63. The molecule has 2 aromatic rings. The standard InChI is InChI=1S/C12H17N5O/c1-6-5-14-12(18-6)8(3)15-11-7(2)10(13)16-9(4)17-11/h5,8H,1-4H3,(H3,13,15,16,17). The van der Waals surface area contributed by atoms with Crippen LogP contribution in [-0.2, 0) is 0 Å². The largest absolute Gasteiger partial charge is 0.444 e. The Labute approximate surface area is 106 Å². The number of nitrogens with one attached hydrogen (secondary N) is 1. The topological polar surface area (TPSA) is 89.9 Å². The van der Waals surface area contributed by atoms with Crippen molar-refractivity contribution in [2.75, 3.05) is 11.1 Å². The maximum absolute atomic E-state index is 5.81. The van der Waals surface area contributed by atoms with Crippen LogP contribution in [0.5, 0.6) is 0 Å². The molecule has 3 N–H and O–H groups in total. The number of nitrogens with two attached hydrogens (primary N) is 1. The van der Waals surface area contributed by atoms with Gasteiger partial charge in [0.25, 0.3) is 0 Å². The molecule has 0 aliphatic carbocycles. The molecule has 6 heteroatoms. The van der Waals surface area contributed by atoms with Gasteiger partial charge in [-0.25, -0.2) is 15.0 Å². The summed E-state index contributed by atoms with van der Waals surface area (Å²) in [5.41, 5.74) is 6.64. The average molecular weight is 247 g/mol. The molecule has 1 atom stereocenters. The number of rotatable bonds is 3. The average Bonchev–Trinajstić information content (AvgIpc) is 2.72. The zero-order valence-corrected chi connectivity index (χ0v) is 11.0. The first-order valence-electron chi connectivity index (χ1n) is 5.77. The van der Waals surface area contributed by atoms with Gasteiger partial charge >= 0.3 is 0 Å². The van der Waals surface area contributed by atoms with Gasteiger partial charge in [-0.1, -0.05) is 0 Å². The Bertz CT molecular complexity index is 564. The molecule has 2 heterocycles. The third-order valence-electron chi connectivity index (χ3n) is 2.66. The van der Waals surface area contributed by atoms with Crippen LogP contribution in [0.4, 0.5) is 11.6 Å². The monoisotopic (exact) mass is 247 g/mol. The highest BCUT2D eigenvalue weighted by molar-refractivity contribution is 5.55. The van der Waals surface area contributed by atoms with Crippen LogP contribution in [0.25, 0.3) is 0 Å². The summed E-state index contributed by atoms with van der Waals surface area (Å²) >= 11 is 0. The molecule has 0 aromatic carbocycles.